The van der Waals surface area contributed by atoms with Crippen LogP contribution in [-0.2, 0) is 20.7 Å². The summed E-state index contributed by atoms with van der Waals surface area (Å²) in [5.74, 6) is -0.0251. The molecule has 0 aliphatic heterocycles. The van der Waals surface area contributed by atoms with Gasteiger partial charge >= 0.3 is 5.97 Å². The van der Waals surface area contributed by atoms with Crippen LogP contribution in [0.15, 0.2) is 54.6 Å². The summed E-state index contributed by atoms with van der Waals surface area (Å²) < 4.78 is 10.6. The minimum absolute atomic E-state index is 0.120. The van der Waals surface area contributed by atoms with E-state index in [2.05, 4.69) is 0 Å². The minimum Gasteiger partial charge on any atom is -0.482 e. The maximum Gasteiger partial charge on any atom is 0.344 e. The van der Waals surface area contributed by atoms with Crippen LogP contribution in [0.3, 0.4) is 0 Å². The molecule has 0 bridgehead atoms. The first-order chi connectivity index (χ1) is 11.9. The SMILES string of the molecule is CC(C)(C)C(=O)COC(=O)COc1ccccc1Cc1ccccc1. The average Bonchev–Trinajstić information content (AvgIpc) is 2.59. The molecule has 0 fully saturated rings. The van der Waals surface area contributed by atoms with Crippen LogP contribution >= 0.6 is 0 Å². The molecule has 0 aromatic heterocycles. The van der Waals surface area contributed by atoms with Crippen LogP contribution in [-0.4, -0.2) is 25.0 Å². The third-order valence-electron chi connectivity index (χ3n) is 3.76. The van der Waals surface area contributed by atoms with Gasteiger partial charge in [-0.25, -0.2) is 4.79 Å². The van der Waals surface area contributed by atoms with Gasteiger partial charge in [-0.3, -0.25) is 4.79 Å². The molecule has 0 radical (unpaired) electrons. The highest BCUT2D eigenvalue weighted by Gasteiger charge is 2.22. The second kappa shape index (κ2) is 8.47. The van der Waals surface area contributed by atoms with Gasteiger partial charge in [-0.1, -0.05) is 69.3 Å². The predicted molar refractivity (Wildman–Crippen MR) is 96.6 cm³/mol. The minimum atomic E-state index is -0.549. The van der Waals surface area contributed by atoms with Gasteiger partial charge in [0.25, 0.3) is 0 Å². The number of Topliss-reactive ketones (excluding diaryl/α,β-unsaturated/α-hetero) is 1. The van der Waals surface area contributed by atoms with Crippen LogP contribution < -0.4 is 4.74 Å². The average molecular weight is 340 g/mol. The highest BCUT2D eigenvalue weighted by molar-refractivity contribution is 5.86. The quantitative estimate of drug-likeness (QED) is 0.719. The van der Waals surface area contributed by atoms with E-state index in [1.54, 1.807) is 20.8 Å². The van der Waals surface area contributed by atoms with Crippen molar-refractivity contribution >= 4 is 11.8 Å². The van der Waals surface area contributed by atoms with Crippen molar-refractivity contribution in [2.75, 3.05) is 13.2 Å². The lowest BCUT2D eigenvalue weighted by Crippen LogP contribution is -2.27. The van der Waals surface area contributed by atoms with Gasteiger partial charge in [0.05, 0.1) is 0 Å². The summed E-state index contributed by atoms with van der Waals surface area (Å²) in [6.45, 7) is 4.93. The second-order valence-electron chi connectivity index (χ2n) is 6.89. The lowest BCUT2D eigenvalue weighted by Gasteiger charge is -2.16. The number of esters is 1. The van der Waals surface area contributed by atoms with Crippen molar-refractivity contribution in [2.24, 2.45) is 5.41 Å². The molecule has 0 saturated heterocycles. The summed E-state index contributed by atoms with van der Waals surface area (Å²) >= 11 is 0. The molecule has 0 spiro atoms. The summed E-state index contributed by atoms with van der Waals surface area (Å²) in [5, 5.41) is 0. The third-order valence-corrected chi connectivity index (χ3v) is 3.76. The Hall–Kier alpha value is -2.62. The number of carbonyl (C=O) groups excluding carboxylic acids is 2. The standard InChI is InChI=1S/C21H24O4/c1-21(2,3)19(22)14-25-20(23)15-24-18-12-8-7-11-17(18)13-16-9-5-4-6-10-16/h4-12H,13-15H2,1-3H3. The molecule has 0 amide bonds. The van der Waals surface area contributed by atoms with Crippen LogP contribution in [0.4, 0.5) is 0 Å². The maximum absolute atomic E-state index is 11.8. The van der Waals surface area contributed by atoms with E-state index in [1.807, 2.05) is 54.6 Å². The molecule has 2 rings (SSSR count). The molecule has 0 aliphatic carbocycles. The summed E-state index contributed by atoms with van der Waals surface area (Å²) in [6, 6.07) is 17.6. The van der Waals surface area contributed by atoms with E-state index < -0.39 is 11.4 Å². The summed E-state index contributed by atoms with van der Waals surface area (Å²) in [4.78, 5) is 23.6. The van der Waals surface area contributed by atoms with Crippen LogP contribution in [0.5, 0.6) is 5.75 Å². The molecular formula is C21H24O4. The van der Waals surface area contributed by atoms with Crippen molar-refractivity contribution in [3.8, 4) is 5.75 Å². The molecule has 0 aliphatic rings. The number of carbonyl (C=O) groups is 2. The lowest BCUT2D eigenvalue weighted by atomic mass is 9.91. The summed E-state index contributed by atoms with van der Waals surface area (Å²) in [5.41, 5.74) is 1.63. The van der Waals surface area contributed by atoms with E-state index in [0.717, 1.165) is 11.1 Å². The predicted octanol–water partition coefficient (Wildman–Crippen LogP) is 3.81. The number of ketones is 1. The molecule has 2 aromatic rings. The molecule has 0 saturated carbocycles. The molecule has 0 N–H and O–H groups in total. The van der Waals surface area contributed by atoms with Crippen LogP contribution in [0.2, 0.25) is 0 Å². The zero-order valence-corrected chi connectivity index (χ0v) is 15.0. The molecule has 0 atom stereocenters. The van der Waals surface area contributed by atoms with Gasteiger partial charge in [0.1, 0.15) is 5.75 Å². The third kappa shape index (κ3) is 6.07. The van der Waals surface area contributed by atoms with E-state index in [0.29, 0.717) is 12.2 Å². The van der Waals surface area contributed by atoms with Crippen molar-refractivity contribution in [3.05, 3.63) is 65.7 Å². The highest BCUT2D eigenvalue weighted by Crippen LogP contribution is 2.21. The van der Waals surface area contributed by atoms with E-state index in [-0.39, 0.29) is 19.0 Å². The summed E-state index contributed by atoms with van der Waals surface area (Å²) in [7, 11) is 0. The van der Waals surface area contributed by atoms with Gasteiger partial charge in [-0.15, -0.1) is 0 Å². The lowest BCUT2D eigenvalue weighted by molar-refractivity contribution is -0.151. The van der Waals surface area contributed by atoms with E-state index >= 15 is 0 Å². The van der Waals surface area contributed by atoms with Gasteiger partial charge in [-0.05, 0) is 17.2 Å². The van der Waals surface area contributed by atoms with Crippen molar-refractivity contribution in [1.29, 1.82) is 0 Å². The fraction of sp³-hybridized carbons (Fsp3) is 0.333. The molecule has 0 heterocycles. The Balaban J connectivity index is 1.90. The van der Waals surface area contributed by atoms with Crippen LogP contribution in [0, 0.1) is 5.41 Å². The monoisotopic (exact) mass is 340 g/mol. The number of hydrogen-bond acceptors (Lipinski definition) is 4. The Morgan fingerprint density at radius 1 is 0.880 bits per heavy atom. The van der Waals surface area contributed by atoms with Gasteiger partial charge in [0.2, 0.25) is 0 Å². The fourth-order valence-corrected chi connectivity index (χ4v) is 2.15. The first-order valence-corrected chi connectivity index (χ1v) is 8.30. The Morgan fingerprint density at radius 2 is 1.52 bits per heavy atom. The molecule has 4 heteroatoms. The smallest absolute Gasteiger partial charge is 0.344 e. The molecule has 4 nitrogen and oxygen atoms in total. The second-order valence-corrected chi connectivity index (χ2v) is 6.89. The normalized spacial score (nSPS) is 11.0. The Labute approximate surface area is 148 Å². The van der Waals surface area contributed by atoms with Crippen molar-refractivity contribution in [3.63, 3.8) is 0 Å². The van der Waals surface area contributed by atoms with Crippen LogP contribution in [0.25, 0.3) is 0 Å². The van der Waals surface area contributed by atoms with Gasteiger partial charge < -0.3 is 9.47 Å². The molecular weight excluding hydrogens is 316 g/mol. The van der Waals surface area contributed by atoms with E-state index in [1.165, 1.54) is 0 Å². The van der Waals surface area contributed by atoms with Gasteiger partial charge in [0, 0.05) is 11.8 Å². The number of hydrogen-bond donors (Lipinski definition) is 0. The number of benzene rings is 2. The van der Waals surface area contributed by atoms with E-state index in [4.69, 9.17) is 9.47 Å². The van der Waals surface area contributed by atoms with Gasteiger partial charge in [-0.2, -0.15) is 0 Å². The van der Waals surface area contributed by atoms with Crippen molar-refractivity contribution in [2.45, 2.75) is 27.2 Å². The topological polar surface area (TPSA) is 52.6 Å². The maximum atomic E-state index is 11.8. The van der Waals surface area contributed by atoms with E-state index in [9.17, 15) is 9.59 Å². The number of ether oxygens (including phenoxy) is 2. The van der Waals surface area contributed by atoms with Gasteiger partial charge in [0.15, 0.2) is 19.0 Å². The molecule has 25 heavy (non-hydrogen) atoms. The Kier molecular flexibility index (Phi) is 6.34. The largest absolute Gasteiger partial charge is 0.482 e. The zero-order valence-electron chi connectivity index (χ0n) is 15.0. The van der Waals surface area contributed by atoms with Crippen molar-refractivity contribution < 1.29 is 19.1 Å². The summed E-state index contributed by atoms with van der Waals surface area (Å²) in [6.07, 6.45) is 0.717. The fourth-order valence-electron chi connectivity index (χ4n) is 2.15. The molecule has 0 unspecified atom stereocenters. The highest BCUT2D eigenvalue weighted by atomic mass is 16.6. The van der Waals surface area contributed by atoms with Crippen LogP contribution in [0.1, 0.15) is 31.9 Å². The Morgan fingerprint density at radius 3 is 2.20 bits per heavy atom. The van der Waals surface area contributed by atoms with Crippen molar-refractivity contribution in [1.82, 2.24) is 0 Å². The Bertz CT molecular complexity index is 714. The molecule has 2 aromatic carbocycles. The first kappa shape index (κ1) is 18.7. The number of rotatable bonds is 7. The molecule has 132 valence electrons. The zero-order chi connectivity index (χ0) is 18.3. The first-order valence-electron chi connectivity index (χ1n) is 8.30. The number of para-hydroxylation sites is 1.